The summed E-state index contributed by atoms with van der Waals surface area (Å²) < 4.78 is 0. The number of aliphatic hydroxyl groups is 1. The van der Waals surface area contributed by atoms with Crippen LogP contribution in [0, 0.1) is 0 Å². The van der Waals surface area contributed by atoms with Crippen LogP contribution in [0.5, 0.6) is 0 Å². The van der Waals surface area contributed by atoms with Gasteiger partial charge in [-0.2, -0.15) is 0 Å². The summed E-state index contributed by atoms with van der Waals surface area (Å²) in [6.45, 7) is -0.0367. The van der Waals surface area contributed by atoms with Crippen molar-refractivity contribution in [2.75, 3.05) is 6.54 Å². The Morgan fingerprint density at radius 2 is 2.07 bits per heavy atom. The lowest BCUT2D eigenvalue weighted by Crippen LogP contribution is -2.18. The standard InChI is InChI=1S/C10H9Cl2NO2/c11-8-3-1-7(2-4-8)5-13-6-9(14)10(12)15/h1-5,9,14H,6H2/t9-/m0/s1. The van der Waals surface area contributed by atoms with E-state index in [1.807, 2.05) is 0 Å². The largest absolute Gasteiger partial charge is 0.382 e. The molecule has 0 amide bonds. The number of aliphatic hydroxyl groups excluding tert-OH is 1. The Kier molecular flexibility index (Phi) is 4.75. The third-order valence-electron chi connectivity index (χ3n) is 1.65. The minimum Gasteiger partial charge on any atom is -0.382 e. The molecule has 5 heteroatoms. The van der Waals surface area contributed by atoms with Gasteiger partial charge in [-0.05, 0) is 29.3 Å². The van der Waals surface area contributed by atoms with E-state index in [0.717, 1.165) is 5.56 Å². The van der Waals surface area contributed by atoms with Crippen LogP contribution in [0.4, 0.5) is 0 Å². The zero-order chi connectivity index (χ0) is 11.3. The molecule has 1 aromatic carbocycles. The Balaban J connectivity index is 2.51. The fraction of sp³-hybridized carbons (Fsp3) is 0.200. The molecule has 0 spiro atoms. The van der Waals surface area contributed by atoms with Crippen LogP contribution in [0.2, 0.25) is 5.02 Å². The highest BCUT2D eigenvalue weighted by molar-refractivity contribution is 6.64. The normalized spacial score (nSPS) is 13.0. The molecule has 0 saturated heterocycles. The van der Waals surface area contributed by atoms with Crippen molar-refractivity contribution < 1.29 is 9.90 Å². The van der Waals surface area contributed by atoms with Gasteiger partial charge < -0.3 is 5.11 Å². The number of hydrogen-bond donors (Lipinski definition) is 1. The fourth-order valence-electron chi connectivity index (χ4n) is 0.879. The number of nitrogens with zero attached hydrogens (tertiary/aromatic N) is 1. The van der Waals surface area contributed by atoms with Gasteiger partial charge in [0.25, 0.3) is 5.24 Å². The molecule has 1 atom stereocenters. The summed E-state index contributed by atoms with van der Waals surface area (Å²) in [5.74, 6) is 0. The summed E-state index contributed by atoms with van der Waals surface area (Å²) >= 11 is 10.7. The Labute approximate surface area is 97.3 Å². The maximum atomic E-state index is 10.5. The van der Waals surface area contributed by atoms with Gasteiger partial charge in [0.1, 0.15) is 6.10 Å². The summed E-state index contributed by atoms with van der Waals surface area (Å²) in [6, 6.07) is 7.01. The van der Waals surface area contributed by atoms with E-state index in [9.17, 15) is 4.79 Å². The second-order valence-corrected chi connectivity index (χ2v) is 3.67. The van der Waals surface area contributed by atoms with Crippen LogP contribution in [0.3, 0.4) is 0 Å². The number of aliphatic imine (C=N–C) groups is 1. The molecule has 1 N–H and O–H groups in total. The summed E-state index contributed by atoms with van der Waals surface area (Å²) in [7, 11) is 0. The van der Waals surface area contributed by atoms with Crippen molar-refractivity contribution in [1.82, 2.24) is 0 Å². The van der Waals surface area contributed by atoms with Gasteiger partial charge in [0.05, 0.1) is 6.54 Å². The van der Waals surface area contributed by atoms with Gasteiger partial charge in [0.15, 0.2) is 0 Å². The zero-order valence-electron chi connectivity index (χ0n) is 7.73. The van der Waals surface area contributed by atoms with E-state index in [0.29, 0.717) is 5.02 Å². The van der Waals surface area contributed by atoms with Gasteiger partial charge in [0, 0.05) is 11.2 Å². The van der Waals surface area contributed by atoms with Gasteiger partial charge >= 0.3 is 0 Å². The Bertz CT molecular complexity index is 362. The average molecular weight is 246 g/mol. The van der Waals surface area contributed by atoms with Crippen LogP contribution >= 0.6 is 23.2 Å². The Morgan fingerprint density at radius 1 is 1.47 bits per heavy atom. The molecule has 1 aromatic rings. The molecular formula is C10H9Cl2NO2. The van der Waals surface area contributed by atoms with E-state index in [4.69, 9.17) is 28.3 Å². The number of rotatable bonds is 4. The first-order valence-corrected chi connectivity index (χ1v) is 4.98. The Morgan fingerprint density at radius 3 is 2.60 bits per heavy atom. The minimum absolute atomic E-state index is 0.0367. The smallest absolute Gasteiger partial charge is 0.252 e. The maximum absolute atomic E-state index is 10.5. The van der Waals surface area contributed by atoms with Gasteiger partial charge in [-0.15, -0.1) is 0 Å². The first-order valence-electron chi connectivity index (χ1n) is 4.22. The fourth-order valence-corrected chi connectivity index (χ4v) is 1.07. The molecule has 15 heavy (non-hydrogen) atoms. The highest BCUT2D eigenvalue weighted by atomic mass is 35.5. The molecule has 0 bridgehead atoms. The first-order chi connectivity index (χ1) is 7.09. The van der Waals surface area contributed by atoms with Crippen molar-refractivity contribution >= 4 is 34.7 Å². The minimum atomic E-state index is -1.24. The quantitative estimate of drug-likeness (QED) is 0.651. The summed E-state index contributed by atoms with van der Waals surface area (Å²) in [4.78, 5) is 14.3. The van der Waals surface area contributed by atoms with Crippen LogP contribution < -0.4 is 0 Å². The molecule has 80 valence electrons. The van der Waals surface area contributed by atoms with E-state index in [2.05, 4.69) is 4.99 Å². The third-order valence-corrected chi connectivity index (χ3v) is 2.15. The SMILES string of the molecule is O=C(Cl)[C@@H](O)CN=Cc1ccc(Cl)cc1. The molecule has 0 radical (unpaired) electrons. The molecule has 0 aliphatic carbocycles. The average Bonchev–Trinajstić information content (AvgIpc) is 2.20. The molecule has 0 saturated carbocycles. The van der Waals surface area contributed by atoms with E-state index < -0.39 is 11.3 Å². The van der Waals surface area contributed by atoms with Crippen molar-refractivity contribution in [3.05, 3.63) is 34.9 Å². The van der Waals surface area contributed by atoms with E-state index in [1.165, 1.54) is 0 Å². The highest BCUT2D eigenvalue weighted by Crippen LogP contribution is 2.07. The predicted molar refractivity (Wildman–Crippen MR) is 60.8 cm³/mol. The molecule has 0 aromatic heterocycles. The molecule has 0 fully saturated rings. The lowest BCUT2D eigenvalue weighted by atomic mass is 10.2. The molecule has 1 rings (SSSR count). The van der Waals surface area contributed by atoms with Crippen LogP contribution in [0.1, 0.15) is 5.56 Å². The summed E-state index contributed by atoms with van der Waals surface area (Å²) in [5, 5.41) is 8.87. The van der Waals surface area contributed by atoms with Gasteiger partial charge in [-0.1, -0.05) is 23.7 Å². The van der Waals surface area contributed by atoms with Crippen LogP contribution in [-0.4, -0.2) is 29.2 Å². The molecule has 0 aliphatic heterocycles. The molecule has 0 unspecified atom stereocenters. The number of benzene rings is 1. The van der Waals surface area contributed by atoms with Crippen LogP contribution in [0.25, 0.3) is 0 Å². The third kappa shape index (κ3) is 4.42. The van der Waals surface area contributed by atoms with Crippen LogP contribution in [0.15, 0.2) is 29.3 Å². The molecular weight excluding hydrogens is 237 g/mol. The van der Waals surface area contributed by atoms with Crippen LogP contribution in [-0.2, 0) is 4.79 Å². The lowest BCUT2D eigenvalue weighted by Gasteiger charge is -1.99. The topological polar surface area (TPSA) is 49.7 Å². The first kappa shape index (κ1) is 12.2. The van der Waals surface area contributed by atoms with Crippen molar-refractivity contribution in [2.24, 2.45) is 4.99 Å². The van der Waals surface area contributed by atoms with E-state index in [1.54, 1.807) is 30.5 Å². The lowest BCUT2D eigenvalue weighted by molar-refractivity contribution is -0.118. The zero-order valence-corrected chi connectivity index (χ0v) is 9.24. The number of halogens is 2. The maximum Gasteiger partial charge on any atom is 0.252 e. The monoisotopic (exact) mass is 245 g/mol. The Hall–Kier alpha value is -0.900. The van der Waals surface area contributed by atoms with Crippen molar-refractivity contribution in [3.8, 4) is 0 Å². The van der Waals surface area contributed by atoms with Crippen molar-refractivity contribution in [3.63, 3.8) is 0 Å². The predicted octanol–water partition coefficient (Wildman–Crippen LogP) is 1.89. The number of hydrogen-bond acceptors (Lipinski definition) is 3. The van der Waals surface area contributed by atoms with E-state index >= 15 is 0 Å². The summed E-state index contributed by atoms with van der Waals surface area (Å²) in [6.07, 6.45) is 0.301. The second kappa shape index (κ2) is 5.85. The van der Waals surface area contributed by atoms with Gasteiger partial charge in [0.2, 0.25) is 0 Å². The van der Waals surface area contributed by atoms with E-state index in [-0.39, 0.29) is 6.54 Å². The van der Waals surface area contributed by atoms with Crippen molar-refractivity contribution in [2.45, 2.75) is 6.10 Å². The number of carbonyl (C=O) groups excluding carboxylic acids is 1. The highest BCUT2D eigenvalue weighted by Gasteiger charge is 2.09. The summed E-state index contributed by atoms with van der Waals surface area (Å²) in [5.41, 5.74) is 0.841. The van der Waals surface area contributed by atoms with Gasteiger partial charge in [-0.3, -0.25) is 9.79 Å². The van der Waals surface area contributed by atoms with Gasteiger partial charge in [-0.25, -0.2) is 0 Å². The van der Waals surface area contributed by atoms with Crippen molar-refractivity contribution in [1.29, 1.82) is 0 Å². The molecule has 3 nitrogen and oxygen atoms in total. The molecule has 0 heterocycles. The second-order valence-electron chi connectivity index (χ2n) is 2.87. The molecule has 0 aliphatic rings. The number of carbonyl (C=O) groups is 1.